The van der Waals surface area contributed by atoms with Crippen LogP contribution in [0.2, 0.25) is 0 Å². The molecule has 0 aromatic heterocycles. The molecule has 192 valence electrons. The number of hydrogen-bond acceptors (Lipinski definition) is 11. The van der Waals surface area contributed by atoms with E-state index in [-0.39, 0.29) is 45.4 Å². The Balaban J connectivity index is 1.98. The minimum atomic E-state index is -4.16. The van der Waals surface area contributed by atoms with Gasteiger partial charge in [-0.05, 0) is 41.0 Å². The summed E-state index contributed by atoms with van der Waals surface area (Å²) in [5, 5.41) is 0. The molecule has 2 aliphatic carbocycles. The lowest BCUT2D eigenvalue weighted by atomic mass is 9.79. The molecule has 4 rings (SSSR count). The fraction of sp³-hybridized carbons (Fsp3) is 0.318. The number of carbonyl (C=O) groups is 3. The standard InChI is InChI=1S/C22H21NO11S2/c1-31-11-4-5-12-13(7-11)19(24)15-6-10(9-32-22(23)26)17-14(18(15)20(12)25)8-16(33-35(2,27)28)21(17)34-36(3,29)30/h4-7,16,21H,8-9H2,1-3H3,(H2,23,26). The summed E-state index contributed by atoms with van der Waals surface area (Å²) >= 11 is 0. The number of carbonyl (C=O) groups excluding carboxylic acids is 3. The first-order valence-electron chi connectivity index (χ1n) is 10.3. The van der Waals surface area contributed by atoms with Gasteiger partial charge in [-0.1, -0.05) is 0 Å². The summed E-state index contributed by atoms with van der Waals surface area (Å²) in [7, 11) is -6.86. The molecule has 0 bridgehead atoms. The predicted molar refractivity (Wildman–Crippen MR) is 123 cm³/mol. The Bertz CT molecular complexity index is 1530. The van der Waals surface area contributed by atoms with Gasteiger partial charge >= 0.3 is 6.09 Å². The average molecular weight is 540 g/mol. The van der Waals surface area contributed by atoms with E-state index in [1.807, 2.05) is 0 Å². The lowest BCUT2D eigenvalue weighted by molar-refractivity contribution is 0.0764. The van der Waals surface area contributed by atoms with E-state index in [1.165, 1.54) is 31.4 Å². The van der Waals surface area contributed by atoms with Crippen molar-refractivity contribution in [3.8, 4) is 5.75 Å². The Morgan fingerprint density at radius 1 is 0.972 bits per heavy atom. The fourth-order valence-electron chi connectivity index (χ4n) is 4.51. The van der Waals surface area contributed by atoms with Crippen LogP contribution in [0.3, 0.4) is 0 Å². The summed E-state index contributed by atoms with van der Waals surface area (Å²) in [4.78, 5) is 38.3. The molecular formula is C22H21NO11S2. The highest BCUT2D eigenvalue weighted by atomic mass is 32.2. The second kappa shape index (κ2) is 8.96. The van der Waals surface area contributed by atoms with E-state index < -0.39 is 56.7 Å². The molecule has 2 aromatic carbocycles. The van der Waals surface area contributed by atoms with Crippen molar-refractivity contribution < 1.29 is 49.1 Å². The number of ketones is 2. The van der Waals surface area contributed by atoms with Gasteiger partial charge in [0.05, 0.1) is 19.6 Å². The summed E-state index contributed by atoms with van der Waals surface area (Å²) < 4.78 is 68.3. The number of fused-ring (bicyclic) bond motifs is 4. The van der Waals surface area contributed by atoms with E-state index >= 15 is 0 Å². The maximum Gasteiger partial charge on any atom is 0.404 e. The van der Waals surface area contributed by atoms with E-state index in [2.05, 4.69) is 0 Å². The van der Waals surface area contributed by atoms with Gasteiger partial charge in [0.25, 0.3) is 20.2 Å². The summed E-state index contributed by atoms with van der Waals surface area (Å²) in [5.74, 6) is -0.728. The summed E-state index contributed by atoms with van der Waals surface area (Å²) in [6.45, 7) is -0.507. The second-order valence-corrected chi connectivity index (χ2v) is 11.5. The van der Waals surface area contributed by atoms with Gasteiger partial charge in [0.1, 0.15) is 24.6 Å². The van der Waals surface area contributed by atoms with Gasteiger partial charge in [0.15, 0.2) is 11.6 Å². The summed E-state index contributed by atoms with van der Waals surface area (Å²) in [6.07, 6.45) is -2.79. The number of primary amides is 1. The molecule has 0 aliphatic heterocycles. The third-order valence-corrected chi connectivity index (χ3v) is 6.88. The van der Waals surface area contributed by atoms with Gasteiger partial charge in [-0.2, -0.15) is 16.8 Å². The normalized spacial score (nSPS) is 18.9. The van der Waals surface area contributed by atoms with E-state index in [0.717, 1.165) is 12.5 Å². The quantitative estimate of drug-likeness (QED) is 0.422. The van der Waals surface area contributed by atoms with Crippen LogP contribution in [-0.4, -0.2) is 60.2 Å². The minimum Gasteiger partial charge on any atom is -0.497 e. The topological polar surface area (TPSA) is 182 Å². The molecule has 2 unspecified atom stereocenters. The van der Waals surface area contributed by atoms with Crippen LogP contribution >= 0.6 is 0 Å². The third kappa shape index (κ3) is 4.84. The Morgan fingerprint density at radius 2 is 1.64 bits per heavy atom. The van der Waals surface area contributed by atoms with Crippen molar-refractivity contribution in [2.75, 3.05) is 19.6 Å². The van der Waals surface area contributed by atoms with Gasteiger partial charge in [-0.25, -0.2) is 4.79 Å². The van der Waals surface area contributed by atoms with Crippen molar-refractivity contribution in [1.29, 1.82) is 0 Å². The zero-order valence-electron chi connectivity index (χ0n) is 19.3. The van der Waals surface area contributed by atoms with Crippen LogP contribution in [0.25, 0.3) is 0 Å². The first-order valence-corrected chi connectivity index (χ1v) is 14.0. The number of benzene rings is 2. The van der Waals surface area contributed by atoms with E-state index in [4.69, 9.17) is 23.6 Å². The Kier molecular flexibility index (Phi) is 6.41. The minimum absolute atomic E-state index is 0.0410. The van der Waals surface area contributed by atoms with Crippen molar-refractivity contribution in [1.82, 2.24) is 0 Å². The smallest absolute Gasteiger partial charge is 0.404 e. The van der Waals surface area contributed by atoms with Crippen LogP contribution in [0.15, 0.2) is 24.3 Å². The van der Waals surface area contributed by atoms with Crippen LogP contribution < -0.4 is 10.5 Å². The highest BCUT2D eigenvalue weighted by Gasteiger charge is 2.45. The van der Waals surface area contributed by atoms with Crippen LogP contribution in [-0.2, 0) is 46.4 Å². The summed E-state index contributed by atoms with van der Waals surface area (Å²) in [6, 6.07) is 5.63. The van der Waals surface area contributed by atoms with Crippen molar-refractivity contribution in [2.24, 2.45) is 5.73 Å². The monoisotopic (exact) mass is 539 g/mol. The second-order valence-electron chi connectivity index (χ2n) is 8.29. The average Bonchev–Trinajstić information content (AvgIpc) is 3.09. The van der Waals surface area contributed by atoms with E-state index in [0.29, 0.717) is 5.75 Å². The first-order chi connectivity index (χ1) is 16.7. The molecule has 12 nitrogen and oxygen atoms in total. The maximum absolute atomic E-state index is 13.6. The fourth-order valence-corrected chi connectivity index (χ4v) is 5.72. The van der Waals surface area contributed by atoms with Gasteiger partial charge in [0.2, 0.25) is 0 Å². The lowest BCUT2D eigenvalue weighted by Crippen LogP contribution is -2.26. The molecular weight excluding hydrogens is 518 g/mol. The molecule has 2 N–H and O–H groups in total. The van der Waals surface area contributed by atoms with E-state index in [1.54, 1.807) is 0 Å². The number of methoxy groups -OCH3 is 1. The number of nitrogens with two attached hydrogens (primary N) is 1. The molecule has 0 saturated carbocycles. The van der Waals surface area contributed by atoms with Crippen molar-refractivity contribution in [3.63, 3.8) is 0 Å². The molecule has 2 atom stereocenters. The molecule has 1 amide bonds. The Morgan fingerprint density at radius 3 is 2.22 bits per heavy atom. The highest BCUT2D eigenvalue weighted by molar-refractivity contribution is 7.86. The van der Waals surface area contributed by atoms with Crippen LogP contribution in [0.5, 0.6) is 5.75 Å². The number of hydrogen-bond donors (Lipinski definition) is 1. The molecule has 0 fully saturated rings. The largest absolute Gasteiger partial charge is 0.497 e. The van der Waals surface area contributed by atoms with Crippen molar-refractivity contribution in [2.45, 2.75) is 25.2 Å². The van der Waals surface area contributed by atoms with Gasteiger partial charge in [0, 0.05) is 28.7 Å². The predicted octanol–water partition coefficient (Wildman–Crippen LogP) is 0.984. The Hall–Kier alpha value is -3.33. The van der Waals surface area contributed by atoms with Gasteiger partial charge < -0.3 is 15.2 Å². The molecule has 2 aromatic rings. The zero-order chi connectivity index (χ0) is 26.6. The molecule has 0 heterocycles. The third-order valence-electron chi connectivity index (χ3n) is 5.72. The van der Waals surface area contributed by atoms with Crippen LogP contribution in [0.1, 0.15) is 54.6 Å². The van der Waals surface area contributed by atoms with E-state index in [9.17, 15) is 31.2 Å². The first kappa shape index (κ1) is 25.8. The molecule has 2 aliphatic rings. The maximum atomic E-state index is 13.6. The molecule has 14 heteroatoms. The Labute approximate surface area is 206 Å². The highest BCUT2D eigenvalue weighted by Crippen LogP contribution is 2.45. The van der Waals surface area contributed by atoms with Crippen molar-refractivity contribution in [3.05, 3.63) is 63.2 Å². The molecule has 0 spiro atoms. The molecule has 36 heavy (non-hydrogen) atoms. The van der Waals surface area contributed by atoms with Crippen LogP contribution in [0, 0.1) is 0 Å². The SMILES string of the molecule is COc1ccc2c(c1)C(=O)c1cc(COC(N)=O)c3c(c1C2=O)CC(OS(C)(=O)=O)C3OS(C)(=O)=O. The van der Waals surface area contributed by atoms with Crippen LogP contribution in [0.4, 0.5) is 4.79 Å². The molecule has 0 radical (unpaired) electrons. The van der Waals surface area contributed by atoms with Gasteiger partial charge in [-0.3, -0.25) is 18.0 Å². The number of amides is 1. The molecule has 0 saturated heterocycles. The zero-order valence-corrected chi connectivity index (χ0v) is 20.9. The van der Waals surface area contributed by atoms with Crippen molar-refractivity contribution >= 4 is 37.9 Å². The lowest BCUT2D eigenvalue weighted by Gasteiger charge is -2.24. The number of rotatable bonds is 7. The number of ether oxygens (including phenoxy) is 2. The summed E-state index contributed by atoms with van der Waals surface area (Å²) in [5.41, 5.74) is 5.49. The van der Waals surface area contributed by atoms with Gasteiger partial charge in [-0.15, -0.1) is 0 Å².